The molecule has 166 valence electrons. The average molecular weight is 423 g/mol. The van der Waals surface area contributed by atoms with Crippen LogP contribution in [0.5, 0.6) is 5.75 Å². The molecule has 2 aromatic rings. The molecule has 0 aromatic heterocycles. The maximum absolute atomic E-state index is 13.3. The number of benzene rings is 2. The monoisotopic (exact) mass is 422 g/mol. The maximum Gasteiger partial charge on any atom is 0.225 e. The van der Waals surface area contributed by atoms with Gasteiger partial charge in [0.1, 0.15) is 5.75 Å². The number of nitrogens with one attached hydrogen (secondary N) is 1. The van der Waals surface area contributed by atoms with Crippen LogP contribution < -0.4 is 19.9 Å². The minimum Gasteiger partial charge on any atom is -0.497 e. The van der Waals surface area contributed by atoms with E-state index in [-0.39, 0.29) is 17.9 Å². The number of anilines is 2. The number of ether oxygens (including phenoxy) is 1. The minimum atomic E-state index is -0.0729. The molecule has 0 saturated carbocycles. The topological polar surface area (TPSA) is 48.1 Å². The van der Waals surface area contributed by atoms with E-state index in [2.05, 4.69) is 63.3 Å². The number of hydrogen-bond donors (Lipinski definition) is 1. The van der Waals surface area contributed by atoms with Gasteiger partial charge in [-0.05, 0) is 51.2 Å². The first-order valence-electron chi connectivity index (χ1n) is 11.1. The first kappa shape index (κ1) is 21.5. The molecule has 1 saturated heterocycles. The van der Waals surface area contributed by atoms with Gasteiger partial charge >= 0.3 is 0 Å². The van der Waals surface area contributed by atoms with Gasteiger partial charge in [0.2, 0.25) is 5.91 Å². The summed E-state index contributed by atoms with van der Waals surface area (Å²) < 4.78 is 5.49. The minimum absolute atomic E-state index is 0.0729. The first-order chi connectivity index (χ1) is 15.0. The van der Waals surface area contributed by atoms with Gasteiger partial charge in [-0.25, -0.2) is 0 Å². The van der Waals surface area contributed by atoms with Gasteiger partial charge in [0, 0.05) is 50.2 Å². The molecule has 2 aromatic carbocycles. The predicted molar refractivity (Wildman–Crippen MR) is 126 cm³/mol. The number of carbonyl (C=O) groups excluding carboxylic acids is 1. The lowest BCUT2D eigenvalue weighted by Gasteiger charge is -2.49. The molecule has 1 fully saturated rings. The van der Waals surface area contributed by atoms with Gasteiger partial charge in [0.05, 0.1) is 19.1 Å². The Kier molecular flexibility index (Phi) is 6.37. The number of rotatable bonds is 6. The van der Waals surface area contributed by atoms with E-state index in [1.54, 1.807) is 7.11 Å². The normalized spacial score (nSPS) is 20.3. The number of piperazine rings is 1. The van der Waals surface area contributed by atoms with Crippen molar-refractivity contribution in [2.24, 2.45) is 5.92 Å². The van der Waals surface area contributed by atoms with Gasteiger partial charge < -0.3 is 24.8 Å². The van der Waals surface area contributed by atoms with Gasteiger partial charge in [-0.3, -0.25) is 4.79 Å². The highest BCUT2D eigenvalue weighted by atomic mass is 16.5. The van der Waals surface area contributed by atoms with E-state index >= 15 is 0 Å². The van der Waals surface area contributed by atoms with Crippen LogP contribution in [0.2, 0.25) is 0 Å². The summed E-state index contributed by atoms with van der Waals surface area (Å²) >= 11 is 0. The second kappa shape index (κ2) is 9.18. The third-order valence-electron chi connectivity index (χ3n) is 6.52. The fourth-order valence-electron chi connectivity index (χ4n) is 4.73. The third-order valence-corrected chi connectivity index (χ3v) is 6.52. The molecule has 1 N–H and O–H groups in total. The Labute approximate surface area is 185 Å². The highest BCUT2D eigenvalue weighted by Crippen LogP contribution is 2.38. The number of amides is 1. The fraction of sp³-hybridized carbons (Fsp3) is 0.480. The summed E-state index contributed by atoms with van der Waals surface area (Å²) in [7, 11) is 5.76. The van der Waals surface area contributed by atoms with E-state index in [1.807, 2.05) is 20.2 Å². The summed E-state index contributed by atoms with van der Waals surface area (Å²) in [6.07, 6.45) is 0.760. The lowest BCUT2D eigenvalue weighted by molar-refractivity contribution is -0.125. The Morgan fingerprint density at radius 1 is 1.16 bits per heavy atom. The van der Waals surface area contributed by atoms with Gasteiger partial charge in [-0.1, -0.05) is 23.8 Å². The summed E-state index contributed by atoms with van der Waals surface area (Å²) in [4.78, 5) is 20.2. The number of methoxy groups -OCH3 is 1. The zero-order valence-electron chi connectivity index (χ0n) is 19.1. The number of aryl methyl sites for hydroxylation is 1. The lowest BCUT2D eigenvalue weighted by Crippen LogP contribution is -2.61. The van der Waals surface area contributed by atoms with Crippen LogP contribution in [-0.2, 0) is 11.2 Å². The van der Waals surface area contributed by atoms with E-state index in [4.69, 9.17) is 4.74 Å². The first-order valence-corrected chi connectivity index (χ1v) is 11.1. The van der Waals surface area contributed by atoms with Crippen LogP contribution in [0.4, 0.5) is 11.4 Å². The standard InChI is InChI=1S/C25H34N4O2/c1-18-5-8-20(9-6-18)28-13-14-29-23-16-21(31-4)10-7-19(23)15-22(24(29)17-28)25(30)26-11-12-27(2)3/h5-10,16,22,24H,11-15,17H2,1-4H3,(H,26,30)/t22-,24-/m0/s1. The fourth-order valence-corrected chi connectivity index (χ4v) is 4.73. The summed E-state index contributed by atoms with van der Waals surface area (Å²) in [5.41, 5.74) is 4.94. The molecule has 2 aliphatic heterocycles. The van der Waals surface area contributed by atoms with Gasteiger partial charge in [-0.15, -0.1) is 0 Å². The van der Waals surface area contributed by atoms with Crippen molar-refractivity contribution in [3.05, 3.63) is 53.6 Å². The predicted octanol–water partition coefficient (Wildman–Crippen LogP) is 2.55. The zero-order valence-corrected chi connectivity index (χ0v) is 19.1. The molecule has 6 heteroatoms. The van der Waals surface area contributed by atoms with Crippen molar-refractivity contribution in [3.8, 4) is 5.75 Å². The Morgan fingerprint density at radius 2 is 1.94 bits per heavy atom. The number of likely N-dealkylation sites (N-methyl/N-ethyl adjacent to an activating group) is 1. The molecule has 0 unspecified atom stereocenters. The van der Waals surface area contributed by atoms with Crippen LogP contribution in [0.1, 0.15) is 11.1 Å². The molecule has 2 aliphatic rings. The number of fused-ring (bicyclic) bond motifs is 3. The Morgan fingerprint density at radius 3 is 2.65 bits per heavy atom. The van der Waals surface area contributed by atoms with Crippen molar-refractivity contribution < 1.29 is 9.53 Å². The lowest BCUT2D eigenvalue weighted by atomic mass is 9.83. The van der Waals surface area contributed by atoms with Crippen LogP contribution in [0, 0.1) is 12.8 Å². The van der Waals surface area contributed by atoms with E-state index in [9.17, 15) is 4.79 Å². The van der Waals surface area contributed by atoms with Gasteiger partial charge in [-0.2, -0.15) is 0 Å². The Balaban J connectivity index is 1.60. The molecule has 0 radical (unpaired) electrons. The Bertz CT molecular complexity index is 912. The van der Waals surface area contributed by atoms with Gasteiger partial charge in [0.25, 0.3) is 0 Å². The van der Waals surface area contributed by atoms with E-state index < -0.39 is 0 Å². The summed E-state index contributed by atoms with van der Waals surface area (Å²) in [5.74, 6) is 0.952. The molecule has 0 bridgehead atoms. The van der Waals surface area contributed by atoms with E-state index in [1.165, 1.54) is 22.5 Å². The Hall–Kier alpha value is -2.73. The van der Waals surface area contributed by atoms with Crippen molar-refractivity contribution in [3.63, 3.8) is 0 Å². The van der Waals surface area contributed by atoms with Crippen LogP contribution >= 0.6 is 0 Å². The molecule has 0 aliphatic carbocycles. The molecule has 2 heterocycles. The molecule has 31 heavy (non-hydrogen) atoms. The SMILES string of the molecule is COc1ccc2c(c1)N1CCN(c3ccc(C)cc3)C[C@H]1[C@@H](C(=O)NCCN(C)C)C2. The molecule has 0 spiro atoms. The molecular formula is C25H34N4O2. The maximum atomic E-state index is 13.3. The quantitative estimate of drug-likeness (QED) is 0.775. The van der Waals surface area contributed by atoms with Crippen molar-refractivity contribution in [2.75, 3.05) is 63.7 Å². The highest BCUT2D eigenvalue weighted by Gasteiger charge is 2.41. The summed E-state index contributed by atoms with van der Waals surface area (Å²) in [5, 5.41) is 3.18. The molecule has 2 atom stereocenters. The smallest absolute Gasteiger partial charge is 0.225 e. The largest absolute Gasteiger partial charge is 0.497 e. The van der Waals surface area contributed by atoms with Crippen molar-refractivity contribution >= 4 is 17.3 Å². The van der Waals surface area contributed by atoms with Crippen molar-refractivity contribution in [1.29, 1.82) is 0 Å². The van der Waals surface area contributed by atoms with Crippen LogP contribution in [0.3, 0.4) is 0 Å². The molecule has 4 rings (SSSR count). The number of carbonyl (C=O) groups is 1. The van der Waals surface area contributed by atoms with Gasteiger partial charge in [0.15, 0.2) is 0 Å². The third kappa shape index (κ3) is 4.64. The van der Waals surface area contributed by atoms with Crippen LogP contribution in [-0.4, -0.2) is 70.8 Å². The molecule has 6 nitrogen and oxygen atoms in total. The van der Waals surface area contributed by atoms with Crippen LogP contribution in [0.15, 0.2) is 42.5 Å². The summed E-state index contributed by atoms with van der Waals surface area (Å²) in [6, 6.07) is 15.1. The molecule has 1 amide bonds. The van der Waals surface area contributed by atoms with Crippen molar-refractivity contribution in [2.45, 2.75) is 19.4 Å². The molecular weight excluding hydrogens is 388 g/mol. The highest BCUT2D eigenvalue weighted by molar-refractivity contribution is 5.82. The van der Waals surface area contributed by atoms with E-state index in [0.717, 1.165) is 38.3 Å². The average Bonchev–Trinajstić information content (AvgIpc) is 2.78. The van der Waals surface area contributed by atoms with Crippen LogP contribution in [0.25, 0.3) is 0 Å². The number of nitrogens with zero attached hydrogens (tertiary/aromatic N) is 3. The van der Waals surface area contributed by atoms with E-state index in [0.29, 0.717) is 6.54 Å². The zero-order chi connectivity index (χ0) is 22.0. The summed E-state index contributed by atoms with van der Waals surface area (Å²) in [6.45, 7) is 6.29. The second-order valence-electron chi connectivity index (χ2n) is 8.94. The second-order valence-corrected chi connectivity index (χ2v) is 8.94. The van der Waals surface area contributed by atoms with Crippen molar-refractivity contribution in [1.82, 2.24) is 10.2 Å². The number of hydrogen-bond acceptors (Lipinski definition) is 5.